The van der Waals surface area contributed by atoms with Crippen molar-refractivity contribution >= 4 is 6.21 Å². The number of hydrogen-bond acceptors (Lipinski definition) is 6. The van der Waals surface area contributed by atoms with Gasteiger partial charge in [0.15, 0.2) is 0 Å². The second-order valence-electron chi connectivity index (χ2n) is 5.29. The van der Waals surface area contributed by atoms with Crippen molar-refractivity contribution in [3.05, 3.63) is 50.6 Å². The van der Waals surface area contributed by atoms with Gasteiger partial charge in [-0.3, -0.25) is 19.3 Å². The molecule has 3 heterocycles. The number of aromatic hydroxyl groups is 1. The summed E-state index contributed by atoms with van der Waals surface area (Å²) in [6.45, 7) is 1.15. The van der Waals surface area contributed by atoms with E-state index in [0.717, 1.165) is 24.0 Å². The summed E-state index contributed by atoms with van der Waals surface area (Å²) in [4.78, 5) is 30.0. The summed E-state index contributed by atoms with van der Waals surface area (Å²) in [5, 5.41) is 10.2. The second kappa shape index (κ2) is 6.66. The number of ether oxygens (including phenoxy) is 1. The SMILES string of the molecule is O=c1[nH]c(=O)n(Cc2ccco2)c(O)c1C=NCC1CCCO1. The minimum Gasteiger partial charge on any atom is -0.494 e. The monoisotopic (exact) mass is 319 g/mol. The summed E-state index contributed by atoms with van der Waals surface area (Å²) >= 11 is 0. The maximum atomic E-state index is 11.9. The van der Waals surface area contributed by atoms with Crippen molar-refractivity contribution in [1.82, 2.24) is 9.55 Å². The highest BCUT2D eigenvalue weighted by Crippen LogP contribution is 2.13. The summed E-state index contributed by atoms with van der Waals surface area (Å²) in [7, 11) is 0. The first-order chi connectivity index (χ1) is 11.1. The van der Waals surface area contributed by atoms with Gasteiger partial charge in [-0.15, -0.1) is 0 Å². The van der Waals surface area contributed by atoms with E-state index in [2.05, 4.69) is 9.98 Å². The lowest BCUT2D eigenvalue weighted by Gasteiger charge is -2.08. The molecule has 0 amide bonds. The molecule has 2 N–H and O–H groups in total. The fraction of sp³-hybridized carbons (Fsp3) is 0.400. The maximum absolute atomic E-state index is 11.9. The van der Waals surface area contributed by atoms with Crippen molar-refractivity contribution < 1.29 is 14.3 Å². The van der Waals surface area contributed by atoms with Crippen molar-refractivity contribution in [2.24, 2.45) is 4.99 Å². The molecule has 8 nitrogen and oxygen atoms in total. The molecule has 8 heteroatoms. The third-order valence-electron chi connectivity index (χ3n) is 3.65. The van der Waals surface area contributed by atoms with Crippen LogP contribution in [0.2, 0.25) is 0 Å². The van der Waals surface area contributed by atoms with Crippen LogP contribution in [0.3, 0.4) is 0 Å². The van der Waals surface area contributed by atoms with Gasteiger partial charge < -0.3 is 14.3 Å². The Morgan fingerprint density at radius 2 is 2.35 bits per heavy atom. The Bertz CT molecular complexity index is 798. The third kappa shape index (κ3) is 3.42. The smallest absolute Gasteiger partial charge is 0.331 e. The summed E-state index contributed by atoms with van der Waals surface area (Å²) in [5.74, 6) is 0.0444. The first-order valence-corrected chi connectivity index (χ1v) is 7.35. The van der Waals surface area contributed by atoms with Crippen LogP contribution in [-0.4, -0.2) is 40.1 Å². The maximum Gasteiger partial charge on any atom is 0.331 e. The minimum atomic E-state index is -0.708. The average molecular weight is 319 g/mol. The molecule has 1 aliphatic rings. The lowest BCUT2D eigenvalue weighted by Crippen LogP contribution is -2.32. The van der Waals surface area contributed by atoms with Crippen molar-refractivity contribution in [2.75, 3.05) is 13.2 Å². The molecule has 0 aromatic carbocycles. The highest BCUT2D eigenvalue weighted by molar-refractivity contribution is 5.81. The highest BCUT2D eigenvalue weighted by Gasteiger charge is 2.16. The van der Waals surface area contributed by atoms with Crippen LogP contribution in [-0.2, 0) is 11.3 Å². The molecule has 0 bridgehead atoms. The number of furan rings is 1. The van der Waals surface area contributed by atoms with E-state index in [1.807, 2.05) is 0 Å². The summed E-state index contributed by atoms with van der Waals surface area (Å²) in [6, 6.07) is 3.34. The Morgan fingerprint density at radius 1 is 1.48 bits per heavy atom. The van der Waals surface area contributed by atoms with Gasteiger partial charge in [-0.2, -0.15) is 0 Å². The summed E-state index contributed by atoms with van der Waals surface area (Å²) in [5.41, 5.74) is -1.45. The van der Waals surface area contributed by atoms with Gasteiger partial charge in [0, 0.05) is 12.8 Å². The predicted molar refractivity (Wildman–Crippen MR) is 82.2 cm³/mol. The van der Waals surface area contributed by atoms with Crippen LogP contribution in [0.25, 0.3) is 0 Å². The molecule has 0 aliphatic carbocycles. The standard InChI is InChI=1S/C15H17N3O5/c19-13-12(8-16-7-10-3-1-5-22-10)14(20)18(15(21)17-13)9-11-4-2-6-23-11/h2,4,6,8,10,20H,1,3,5,7,9H2,(H,17,19,21). The van der Waals surface area contributed by atoms with Gasteiger partial charge in [0.1, 0.15) is 11.3 Å². The molecular weight excluding hydrogens is 302 g/mol. The predicted octanol–water partition coefficient (Wildman–Crippen LogP) is 0.481. The molecule has 1 fully saturated rings. The number of H-pyrrole nitrogens is 1. The van der Waals surface area contributed by atoms with E-state index in [-0.39, 0.29) is 18.2 Å². The zero-order valence-corrected chi connectivity index (χ0v) is 12.4. The van der Waals surface area contributed by atoms with Crippen LogP contribution in [0.5, 0.6) is 5.88 Å². The Kier molecular flexibility index (Phi) is 4.42. The number of nitrogens with zero attached hydrogens (tertiary/aromatic N) is 2. The van der Waals surface area contributed by atoms with Gasteiger partial charge >= 0.3 is 5.69 Å². The van der Waals surface area contributed by atoms with Gasteiger partial charge in [0.05, 0.1) is 25.5 Å². The van der Waals surface area contributed by atoms with Gasteiger partial charge in [-0.05, 0) is 25.0 Å². The van der Waals surface area contributed by atoms with Crippen LogP contribution >= 0.6 is 0 Å². The Balaban J connectivity index is 1.85. The fourth-order valence-electron chi connectivity index (χ4n) is 2.45. The number of aliphatic imine (C=N–C) groups is 1. The normalized spacial score (nSPS) is 18.0. The van der Waals surface area contributed by atoms with E-state index < -0.39 is 17.1 Å². The number of rotatable bonds is 5. The highest BCUT2D eigenvalue weighted by atomic mass is 16.5. The molecule has 0 spiro atoms. The molecule has 1 unspecified atom stereocenters. The summed E-state index contributed by atoms with van der Waals surface area (Å²) < 4.78 is 11.6. The van der Waals surface area contributed by atoms with Gasteiger partial charge in [-0.1, -0.05) is 0 Å². The number of hydrogen-bond donors (Lipinski definition) is 2. The Labute approximate surface area is 131 Å². The van der Waals surface area contributed by atoms with Crippen molar-refractivity contribution in [1.29, 1.82) is 0 Å². The van der Waals surface area contributed by atoms with Crippen LogP contribution in [0, 0.1) is 0 Å². The van der Waals surface area contributed by atoms with Gasteiger partial charge in [0.25, 0.3) is 5.56 Å². The molecule has 2 aromatic rings. The van der Waals surface area contributed by atoms with Crippen molar-refractivity contribution in [3.63, 3.8) is 0 Å². The molecule has 1 atom stereocenters. The largest absolute Gasteiger partial charge is 0.494 e. The first kappa shape index (κ1) is 15.3. The van der Waals surface area contributed by atoms with Gasteiger partial charge in [0.2, 0.25) is 5.88 Å². The van der Waals surface area contributed by atoms with E-state index >= 15 is 0 Å². The third-order valence-corrected chi connectivity index (χ3v) is 3.65. The lowest BCUT2D eigenvalue weighted by atomic mass is 10.2. The second-order valence-corrected chi connectivity index (χ2v) is 5.29. The zero-order valence-electron chi connectivity index (χ0n) is 12.4. The zero-order chi connectivity index (χ0) is 16.2. The number of aromatic nitrogens is 2. The minimum absolute atomic E-state index is 0.0149. The molecule has 1 aliphatic heterocycles. The van der Waals surface area contributed by atoms with E-state index in [1.165, 1.54) is 12.5 Å². The average Bonchev–Trinajstić information content (AvgIpc) is 3.20. The van der Waals surface area contributed by atoms with Crippen LogP contribution in [0.4, 0.5) is 0 Å². The van der Waals surface area contributed by atoms with E-state index in [0.29, 0.717) is 12.3 Å². The van der Waals surface area contributed by atoms with Crippen LogP contribution < -0.4 is 11.2 Å². The van der Waals surface area contributed by atoms with E-state index in [4.69, 9.17) is 9.15 Å². The molecular formula is C15H17N3O5. The molecule has 1 saturated heterocycles. The molecule has 0 radical (unpaired) electrons. The first-order valence-electron chi connectivity index (χ1n) is 7.35. The fourth-order valence-corrected chi connectivity index (χ4v) is 2.45. The van der Waals surface area contributed by atoms with Crippen LogP contribution in [0.1, 0.15) is 24.2 Å². The van der Waals surface area contributed by atoms with Crippen LogP contribution in [0.15, 0.2) is 37.4 Å². The van der Waals surface area contributed by atoms with Gasteiger partial charge in [-0.25, -0.2) is 4.79 Å². The Hall–Kier alpha value is -2.61. The topological polar surface area (TPSA) is 110 Å². The number of aromatic amines is 1. The Morgan fingerprint density at radius 3 is 3.04 bits per heavy atom. The summed E-state index contributed by atoms with van der Waals surface area (Å²) in [6.07, 6.45) is 4.71. The molecule has 3 rings (SSSR count). The van der Waals surface area contributed by atoms with E-state index in [1.54, 1.807) is 12.1 Å². The lowest BCUT2D eigenvalue weighted by molar-refractivity contribution is 0.118. The number of nitrogens with one attached hydrogen (secondary N) is 1. The quantitative estimate of drug-likeness (QED) is 0.779. The van der Waals surface area contributed by atoms with Crippen molar-refractivity contribution in [2.45, 2.75) is 25.5 Å². The molecule has 2 aromatic heterocycles. The molecule has 122 valence electrons. The van der Waals surface area contributed by atoms with Crippen molar-refractivity contribution in [3.8, 4) is 5.88 Å². The van der Waals surface area contributed by atoms with E-state index in [9.17, 15) is 14.7 Å². The molecule has 0 saturated carbocycles. The molecule has 23 heavy (non-hydrogen) atoms.